The van der Waals surface area contributed by atoms with Crippen molar-refractivity contribution in [2.45, 2.75) is 51.4 Å². The first-order chi connectivity index (χ1) is 9.26. The Morgan fingerprint density at radius 2 is 2.21 bits per heavy atom. The summed E-state index contributed by atoms with van der Waals surface area (Å²) in [5.41, 5.74) is 2.72. The molecule has 0 aromatic carbocycles. The predicted octanol–water partition coefficient (Wildman–Crippen LogP) is 2.70. The van der Waals surface area contributed by atoms with Crippen molar-refractivity contribution < 1.29 is 0 Å². The lowest BCUT2D eigenvalue weighted by atomic mass is 9.87. The molecule has 2 aliphatic rings. The zero-order valence-electron chi connectivity index (χ0n) is 12.2. The van der Waals surface area contributed by atoms with Gasteiger partial charge >= 0.3 is 0 Å². The van der Waals surface area contributed by atoms with Crippen LogP contribution in [0.15, 0.2) is 6.20 Å². The maximum absolute atomic E-state index is 4.89. The van der Waals surface area contributed by atoms with Gasteiger partial charge in [0.15, 0.2) is 0 Å². The van der Waals surface area contributed by atoms with E-state index in [1.54, 1.807) is 0 Å². The van der Waals surface area contributed by atoms with E-state index < -0.39 is 0 Å². The van der Waals surface area contributed by atoms with Crippen molar-refractivity contribution in [1.29, 1.82) is 0 Å². The number of nitrogens with zero attached hydrogens (tertiary/aromatic N) is 2. The Balaban J connectivity index is 1.74. The summed E-state index contributed by atoms with van der Waals surface area (Å²) in [5, 5.41) is 3.29. The van der Waals surface area contributed by atoms with Crippen LogP contribution in [0.1, 0.15) is 55.6 Å². The minimum Gasteiger partial charge on any atom is -0.319 e. The molecule has 3 nitrogen and oxygen atoms in total. The molecule has 0 aliphatic heterocycles. The smallest absolute Gasteiger partial charge is 0.131 e. The fraction of sp³-hybridized carbons (Fsp3) is 0.750. The Morgan fingerprint density at radius 3 is 2.95 bits per heavy atom. The third-order valence-electron chi connectivity index (χ3n) is 4.82. The summed E-state index contributed by atoms with van der Waals surface area (Å²) in [5.74, 6) is 3.36. The van der Waals surface area contributed by atoms with Crippen LogP contribution in [0.4, 0.5) is 0 Å². The number of aryl methyl sites for hydroxylation is 1. The van der Waals surface area contributed by atoms with Gasteiger partial charge < -0.3 is 5.32 Å². The first-order valence-electron chi connectivity index (χ1n) is 7.75. The number of nitrogens with one attached hydrogen (secondary N) is 1. The maximum atomic E-state index is 4.89. The lowest BCUT2D eigenvalue weighted by molar-refractivity contribution is 0.432. The third-order valence-corrected chi connectivity index (χ3v) is 4.82. The second kappa shape index (κ2) is 5.58. The largest absolute Gasteiger partial charge is 0.319 e. The standard InChI is InChI=1S/C16H25N3/c1-11-3-5-13(7-11)16-18-10-14-8-12(9-17-2)4-6-15(14)19-16/h10-13,17H,3-9H2,1-2H3. The number of aromatic nitrogens is 2. The number of rotatable bonds is 3. The second-order valence-electron chi connectivity index (χ2n) is 6.48. The molecule has 104 valence electrons. The van der Waals surface area contributed by atoms with E-state index in [2.05, 4.69) is 23.4 Å². The van der Waals surface area contributed by atoms with Gasteiger partial charge in [-0.05, 0) is 69.5 Å². The van der Waals surface area contributed by atoms with Gasteiger partial charge in [-0.2, -0.15) is 0 Å². The van der Waals surface area contributed by atoms with Gasteiger partial charge in [-0.3, -0.25) is 0 Å². The molecule has 2 aliphatic carbocycles. The zero-order chi connectivity index (χ0) is 13.2. The molecule has 0 radical (unpaired) electrons. The van der Waals surface area contributed by atoms with Crippen LogP contribution in [-0.4, -0.2) is 23.6 Å². The normalized spacial score (nSPS) is 30.3. The number of hydrogen-bond acceptors (Lipinski definition) is 3. The molecule has 3 rings (SSSR count). The first kappa shape index (κ1) is 13.0. The molecular weight excluding hydrogens is 234 g/mol. The Labute approximate surface area is 116 Å². The van der Waals surface area contributed by atoms with Crippen LogP contribution in [0.3, 0.4) is 0 Å². The van der Waals surface area contributed by atoms with Crippen molar-refractivity contribution in [2.75, 3.05) is 13.6 Å². The molecule has 3 atom stereocenters. The Kier molecular flexibility index (Phi) is 3.83. The van der Waals surface area contributed by atoms with E-state index in [1.165, 1.54) is 36.9 Å². The SMILES string of the molecule is CNCC1CCc2nc(C3CCC(C)C3)ncc2C1. The van der Waals surface area contributed by atoms with Gasteiger partial charge in [-0.1, -0.05) is 6.92 Å². The first-order valence-corrected chi connectivity index (χ1v) is 7.75. The van der Waals surface area contributed by atoms with Crippen molar-refractivity contribution in [3.63, 3.8) is 0 Å². The second-order valence-corrected chi connectivity index (χ2v) is 6.48. The summed E-state index contributed by atoms with van der Waals surface area (Å²) in [6.45, 7) is 3.46. The molecule has 1 aromatic rings. The van der Waals surface area contributed by atoms with Crippen LogP contribution < -0.4 is 5.32 Å². The summed E-state index contributed by atoms with van der Waals surface area (Å²) in [7, 11) is 2.04. The minimum absolute atomic E-state index is 0.621. The molecule has 19 heavy (non-hydrogen) atoms. The van der Waals surface area contributed by atoms with Gasteiger partial charge in [0.2, 0.25) is 0 Å². The summed E-state index contributed by atoms with van der Waals surface area (Å²) in [6.07, 6.45) is 9.57. The van der Waals surface area contributed by atoms with E-state index in [-0.39, 0.29) is 0 Å². The number of hydrogen-bond donors (Lipinski definition) is 1. The molecule has 0 spiro atoms. The number of fused-ring (bicyclic) bond motifs is 1. The highest BCUT2D eigenvalue weighted by molar-refractivity contribution is 5.22. The van der Waals surface area contributed by atoms with E-state index in [9.17, 15) is 0 Å². The van der Waals surface area contributed by atoms with Crippen LogP contribution in [0.2, 0.25) is 0 Å². The highest BCUT2D eigenvalue weighted by Crippen LogP contribution is 2.37. The van der Waals surface area contributed by atoms with Crippen LogP contribution in [0.5, 0.6) is 0 Å². The summed E-state index contributed by atoms with van der Waals surface area (Å²) in [4.78, 5) is 9.56. The fourth-order valence-corrected chi connectivity index (χ4v) is 3.70. The molecule has 0 bridgehead atoms. The average molecular weight is 259 g/mol. The monoisotopic (exact) mass is 259 g/mol. The summed E-state index contributed by atoms with van der Waals surface area (Å²) < 4.78 is 0. The molecule has 3 heteroatoms. The molecule has 0 saturated heterocycles. The van der Waals surface area contributed by atoms with Gasteiger partial charge in [0.25, 0.3) is 0 Å². The van der Waals surface area contributed by atoms with Crippen molar-refractivity contribution in [3.8, 4) is 0 Å². The van der Waals surface area contributed by atoms with Crippen molar-refractivity contribution in [2.24, 2.45) is 11.8 Å². The van der Waals surface area contributed by atoms with Gasteiger partial charge in [0, 0.05) is 17.8 Å². The molecule has 1 N–H and O–H groups in total. The molecule has 1 aromatic heterocycles. The van der Waals surface area contributed by atoms with Crippen molar-refractivity contribution >= 4 is 0 Å². The molecule has 1 saturated carbocycles. The van der Waals surface area contributed by atoms with Gasteiger partial charge in [0.05, 0.1) is 0 Å². The third kappa shape index (κ3) is 2.81. The van der Waals surface area contributed by atoms with Crippen LogP contribution >= 0.6 is 0 Å². The van der Waals surface area contributed by atoms with Crippen LogP contribution in [-0.2, 0) is 12.8 Å². The lowest BCUT2D eigenvalue weighted by Crippen LogP contribution is -2.25. The van der Waals surface area contributed by atoms with Crippen molar-refractivity contribution in [1.82, 2.24) is 15.3 Å². The quantitative estimate of drug-likeness (QED) is 0.907. The maximum Gasteiger partial charge on any atom is 0.131 e. The van der Waals surface area contributed by atoms with Gasteiger partial charge in [-0.15, -0.1) is 0 Å². The zero-order valence-corrected chi connectivity index (χ0v) is 12.2. The molecule has 3 unspecified atom stereocenters. The van der Waals surface area contributed by atoms with E-state index in [0.29, 0.717) is 5.92 Å². The molecule has 1 fully saturated rings. The molecule has 0 amide bonds. The fourth-order valence-electron chi connectivity index (χ4n) is 3.70. The van der Waals surface area contributed by atoms with E-state index in [0.717, 1.165) is 37.0 Å². The lowest BCUT2D eigenvalue weighted by Gasteiger charge is -2.24. The van der Waals surface area contributed by atoms with Crippen LogP contribution in [0, 0.1) is 11.8 Å². The van der Waals surface area contributed by atoms with E-state index >= 15 is 0 Å². The van der Waals surface area contributed by atoms with Crippen LogP contribution in [0.25, 0.3) is 0 Å². The van der Waals surface area contributed by atoms with E-state index in [1.807, 2.05) is 7.05 Å². The molecule has 1 heterocycles. The molecular formula is C16H25N3. The highest BCUT2D eigenvalue weighted by Gasteiger charge is 2.27. The van der Waals surface area contributed by atoms with Gasteiger partial charge in [-0.25, -0.2) is 9.97 Å². The average Bonchev–Trinajstić information content (AvgIpc) is 2.85. The van der Waals surface area contributed by atoms with Crippen molar-refractivity contribution in [3.05, 3.63) is 23.3 Å². The van der Waals surface area contributed by atoms with Gasteiger partial charge in [0.1, 0.15) is 5.82 Å². The minimum atomic E-state index is 0.621. The summed E-state index contributed by atoms with van der Waals surface area (Å²) >= 11 is 0. The Bertz CT molecular complexity index is 444. The topological polar surface area (TPSA) is 37.8 Å². The highest BCUT2D eigenvalue weighted by atomic mass is 14.9. The predicted molar refractivity (Wildman–Crippen MR) is 77.2 cm³/mol. The van der Waals surface area contributed by atoms with E-state index in [4.69, 9.17) is 4.98 Å². The Hall–Kier alpha value is -0.960. The Morgan fingerprint density at radius 1 is 1.32 bits per heavy atom. The summed E-state index contributed by atoms with van der Waals surface area (Å²) in [6, 6.07) is 0.